The van der Waals surface area contributed by atoms with Crippen LogP contribution >= 0.6 is 15.9 Å². The number of hydrogen-bond donors (Lipinski definition) is 1. The van der Waals surface area contributed by atoms with Gasteiger partial charge in [0.15, 0.2) is 0 Å². The van der Waals surface area contributed by atoms with Crippen LogP contribution in [0.5, 0.6) is 5.75 Å². The minimum atomic E-state index is -0.0495. The Morgan fingerprint density at radius 1 is 1.24 bits per heavy atom. The van der Waals surface area contributed by atoms with Crippen LogP contribution in [-0.2, 0) is 6.54 Å². The smallest absolute Gasteiger partial charge is 0.253 e. The van der Waals surface area contributed by atoms with E-state index < -0.39 is 0 Å². The van der Waals surface area contributed by atoms with Gasteiger partial charge in [0.2, 0.25) is 0 Å². The molecule has 0 saturated heterocycles. The summed E-state index contributed by atoms with van der Waals surface area (Å²) in [5.74, 6) is 0.752. The van der Waals surface area contributed by atoms with Crippen LogP contribution in [0.15, 0.2) is 46.9 Å². The number of nitrogens with two attached hydrogens (primary N) is 1. The normalized spacial score (nSPS) is 10.2. The van der Waals surface area contributed by atoms with Gasteiger partial charge in [-0.15, -0.1) is 0 Å². The molecule has 0 aliphatic heterocycles. The third kappa shape index (κ3) is 3.76. The number of nitrogen functional groups attached to an aromatic ring is 1. The van der Waals surface area contributed by atoms with Gasteiger partial charge in [0.1, 0.15) is 5.75 Å². The summed E-state index contributed by atoms with van der Waals surface area (Å²) in [5.41, 5.74) is 7.99. The number of amides is 1. The second-order valence-corrected chi connectivity index (χ2v) is 5.60. The fourth-order valence-electron chi connectivity index (χ4n) is 1.96. The first-order chi connectivity index (χ1) is 10.0. The van der Waals surface area contributed by atoms with Gasteiger partial charge < -0.3 is 15.4 Å². The Hall–Kier alpha value is -2.01. The molecule has 4 nitrogen and oxygen atoms in total. The van der Waals surface area contributed by atoms with Gasteiger partial charge in [-0.2, -0.15) is 0 Å². The maximum atomic E-state index is 12.4. The molecule has 0 radical (unpaired) electrons. The molecule has 0 unspecified atom stereocenters. The molecular weight excluding hydrogens is 332 g/mol. The van der Waals surface area contributed by atoms with Crippen LogP contribution in [0.3, 0.4) is 0 Å². The Labute approximate surface area is 132 Å². The van der Waals surface area contributed by atoms with Gasteiger partial charge in [-0.25, -0.2) is 0 Å². The second kappa shape index (κ2) is 6.63. The van der Waals surface area contributed by atoms with E-state index in [0.717, 1.165) is 15.8 Å². The predicted molar refractivity (Wildman–Crippen MR) is 87.3 cm³/mol. The molecule has 0 spiro atoms. The van der Waals surface area contributed by atoms with Gasteiger partial charge >= 0.3 is 0 Å². The highest BCUT2D eigenvalue weighted by Gasteiger charge is 2.13. The quantitative estimate of drug-likeness (QED) is 0.862. The molecule has 0 fully saturated rings. The van der Waals surface area contributed by atoms with Crippen LogP contribution in [0, 0.1) is 0 Å². The van der Waals surface area contributed by atoms with E-state index in [1.807, 2.05) is 24.3 Å². The van der Waals surface area contributed by atoms with Crippen LogP contribution in [0.2, 0.25) is 0 Å². The molecule has 0 saturated carbocycles. The molecule has 0 aromatic heterocycles. The van der Waals surface area contributed by atoms with Crippen LogP contribution in [0.25, 0.3) is 0 Å². The van der Waals surface area contributed by atoms with Crippen molar-refractivity contribution in [1.82, 2.24) is 4.90 Å². The summed E-state index contributed by atoms with van der Waals surface area (Å²) in [5, 5.41) is 0. The summed E-state index contributed by atoms with van der Waals surface area (Å²) in [4.78, 5) is 14.0. The first kappa shape index (κ1) is 15.4. The van der Waals surface area contributed by atoms with Gasteiger partial charge in [0.25, 0.3) is 5.91 Å². The average molecular weight is 349 g/mol. The second-order valence-electron chi connectivity index (χ2n) is 4.75. The summed E-state index contributed by atoms with van der Waals surface area (Å²) < 4.78 is 5.85. The van der Waals surface area contributed by atoms with Crippen molar-refractivity contribution in [1.29, 1.82) is 0 Å². The van der Waals surface area contributed by atoms with Crippen LogP contribution in [-0.4, -0.2) is 25.0 Å². The monoisotopic (exact) mass is 348 g/mol. The van der Waals surface area contributed by atoms with Gasteiger partial charge in [-0.05, 0) is 51.8 Å². The molecule has 110 valence electrons. The fraction of sp³-hybridized carbons (Fsp3) is 0.188. The van der Waals surface area contributed by atoms with Crippen molar-refractivity contribution in [2.45, 2.75) is 6.54 Å². The van der Waals surface area contributed by atoms with Crippen molar-refractivity contribution in [2.24, 2.45) is 0 Å². The Morgan fingerprint density at radius 3 is 2.48 bits per heavy atom. The molecular formula is C16H17BrN2O2. The SMILES string of the molecule is COc1ccc(CN(C)C(=O)c2ccc(N)c(Br)c2)cc1. The fourth-order valence-corrected chi connectivity index (χ4v) is 2.34. The van der Waals surface area contributed by atoms with Crippen LogP contribution in [0.1, 0.15) is 15.9 Å². The molecule has 0 aliphatic rings. The zero-order valence-electron chi connectivity index (χ0n) is 12.0. The summed E-state index contributed by atoms with van der Waals surface area (Å²) in [7, 11) is 3.40. The lowest BCUT2D eigenvalue weighted by atomic mass is 10.1. The lowest BCUT2D eigenvalue weighted by Gasteiger charge is -2.18. The number of halogens is 1. The maximum Gasteiger partial charge on any atom is 0.253 e. The number of ether oxygens (including phenoxy) is 1. The predicted octanol–water partition coefficient (Wildman–Crippen LogP) is 3.31. The van der Waals surface area contributed by atoms with Gasteiger partial charge in [0.05, 0.1) is 7.11 Å². The Kier molecular flexibility index (Phi) is 4.85. The maximum absolute atomic E-state index is 12.4. The van der Waals surface area contributed by atoms with Gasteiger partial charge in [-0.1, -0.05) is 12.1 Å². The van der Waals surface area contributed by atoms with Crippen molar-refractivity contribution in [3.05, 3.63) is 58.1 Å². The largest absolute Gasteiger partial charge is 0.497 e. The number of anilines is 1. The lowest BCUT2D eigenvalue weighted by Crippen LogP contribution is -2.26. The number of rotatable bonds is 4. The highest BCUT2D eigenvalue weighted by Crippen LogP contribution is 2.21. The van der Waals surface area contributed by atoms with Crippen LogP contribution in [0.4, 0.5) is 5.69 Å². The third-order valence-electron chi connectivity index (χ3n) is 3.17. The van der Waals surface area contributed by atoms with Crippen molar-refractivity contribution < 1.29 is 9.53 Å². The number of benzene rings is 2. The number of carbonyl (C=O) groups is 1. The van der Waals surface area contributed by atoms with Gasteiger partial charge in [-0.3, -0.25) is 4.79 Å². The minimum Gasteiger partial charge on any atom is -0.497 e. The standard InChI is InChI=1S/C16H17BrN2O2/c1-19(10-11-3-6-13(21-2)7-4-11)16(20)12-5-8-15(18)14(17)9-12/h3-9H,10,18H2,1-2H3. The number of carbonyl (C=O) groups excluding carboxylic acids is 1. The van der Waals surface area contributed by atoms with Crippen molar-refractivity contribution in [3.8, 4) is 5.75 Å². The molecule has 0 aliphatic carbocycles. The minimum absolute atomic E-state index is 0.0495. The van der Waals surface area contributed by atoms with Crippen molar-refractivity contribution in [2.75, 3.05) is 19.9 Å². The molecule has 5 heteroatoms. The molecule has 2 N–H and O–H groups in total. The Morgan fingerprint density at radius 2 is 1.90 bits per heavy atom. The van der Waals surface area contributed by atoms with E-state index in [2.05, 4.69) is 15.9 Å². The zero-order chi connectivity index (χ0) is 15.4. The summed E-state index contributed by atoms with van der Waals surface area (Å²) in [6, 6.07) is 12.8. The van der Waals surface area contributed by atoms with Crippen molar-refractivity contribution >= 4 is 27.5 Å². The first-order valence-electron chi connectivity index (χ1n) is 6.44. The van der Waals surface area contributed by atoms with E-state index in [-0.39, 0.29) is 5.91 Å². The molecule has 0 atom stereocenters. The van der Waals surface area contributed by atoms with E-state index >= 15 is 0 Å². The zero-order valence-corrected chi connectivity index (χ0v) is 13.6. The molecule has 21 heavy (non-hydrogen) atoms. The number of nitrogens with zero attached hydrogens (tertiary/aromatic N) is 1. The van der Waals surface area contributed by atoms with E-state index in [0.29, 0.717) is 17.8 Å². The highest BCUT2D eigenvalue weighted by atomic mass is 79.9. The summed E-state index contributed by atoms with van der Waals surface area (Å²) >= 11 is 3.34. The average Bonchev–Trinajstić information content (AvgIpc) is 2.50. The molecule has 0 heterocycles. The van der Waals surface area contributed by atoms with E-state index in [4.69, 9.17) is 10.5 Å². The molecule has 1 amide bonds. The Bertz CT molecular complexity index is 641. The Balaban J connectivity index is 2.09. The van der Waals surface area contributed by atoms with Gasteiger partial charge in [0, 0.05) is 29.3 Å². The number of hydrogen-bond acceptors (Lipinski definition) is 3. The third-order valence-corrected chi connectivity index (χ3v) is 3.86. The molecule has 2 aromatic rings. The van der Waals surface area contributed by atoms with E-state index in [9.17, 15) is 4.79 Å². The first-order valence-corrected chi connectivity index (χ1v) is 7.24. The lowest BCUT2D eigenvalue weighted by molar-refractivity contribution is 0.0785. The van der Waals surface area contributed by atoms with E-state index in [1.165, 1.54) is 0 Å². The van der Waals surface area contributed by atoms with E-state index in [1.54, 1.807) is 37.3 Å². The topological polar surface area (TPSA) is 55.6 Å². The summed E-state index contributed by atoms with van der Waals surface area (Å²) in [6.07, 6.45) is 0. The van der Waals surface area contributed by atoms with Crippen LogP contribution < -0.4 is 10.5 Å². The highest BCUT2D eigenvalue weighted by molar-refractivity contribution is 9.10. The molecule has 2 rings (SSSR count). The summed E-state index contributed by atoms with van der Waals surface area (Å²) in [6.45, 7) is 0.533. The van der Waals surface area contributed by atoms with Crippen molar-refractivity contribution in [3.63, 3.8) is 0 Å². The number of methoxy groups -OCH3 is 1. The molecule has 0 bridgehead atoms. The molecule has 2 aromatic carbocycles.